The maximum absolute atomic E-state index is 12.1. The van der Waals surface area contributed by atoms with Crippen LogP contribution >= 0.6 is 0 Å². The summed E-state index contributed by atoms with van der Waals surface area (Å²) in [5, 5.41) is 12.3. The molecule has 0 spiro atoms. The van der Waals surface area contributed by atoms with Gasteiger partial charge in [0.2, 0.25) is 5.91 Å². The molecule has 0 aromatic heterocycles. The lowest BCUT2D eigenvalue weighted by Gasteiger charge is -2.24. The van der Waals surface area contributed by atoms with E-state index in [-0.39, 0.29) is 24.5 Å². The molecule has 4 heteroatoms. The summed E-state index contributed by atoms with van der Waals surface area (Å²) >= 11 is 0. The summed E-state index contributed by atoms with van der Waals surface area (Å²) in [6, 6.07) is 9.22. The fourth-order valence-corrected chi connectivity index (χ4v) is 2.17. The lowest BCUT2D eigenvalue weighted by atomic mass is 9.98. The molecule has 1 heterocycles. The fraction of sp³-hybridized carbons (Fsp3) is 0.500. The number of hydrogen-bond acceptors (Lipinski definition) is 3. The van der Waals surface area contributed by atoms with E-state index in [1.54, 1.807) is 0 Å². The van der Waals surface area contributed by atoms with Gasteiger partial charge in [0.15, 0.2) is 0 Å². The molecule has 1 aromatic carbocycles. The zero-order valence-corrected chi connectivity index (χ0v) is 10.3. The molecule has 1 atom stereocenters. The normalized spacial score (nSPS) is 18.3. The van der Waals surface area contributed by atoms with Gasteiger partial charge in [0.1, 0.15) is 0 Å². The lowest BCUT2D eigenvalue weighted by Crippen LogP contribution is -2.37. The minimum Gasteiger partial charge on any atom is -0.394 e. The van der Waals surface area contributed by atoms with Crippen molar-refractivity contribution in [1.29, 1.82) is 0 Å². The predicted octanol–water partition coefficient (Wildman–Crippen LogP) is 1.26. The average Bonchev–Trinajstić information content (AvgIpc) is 2.46. The predicted molar refractivity (Wildman–Crippen MR) is 68.0 cm³/mol. The molecule has 0 bridgehead atoms. The van der Waals surface area contributed by atoms with Crippen LogP contribution in [0.25, 0.3) is 0 Å². The van der Waals surface area contributed by atoms with E-state index in [1.807, 2.05) is 30.3 Å². The molecular formula is C14H19NO3. The molecular weight excluding hydrogens is 230 g/mol. The highest BCUT2D eigenvalue weighted by atomic mass is 16.5. The lowest BCUT2D eigenvalue weighted by molar-refractivity contribution is -0.128. The third-order valence-electron chi connectivity index (χ3n) is 3.29. The van der Waals surface area contributed by atoms with E-state index in [0.29, 0.717) is 13.2 Å². The van der Waals surface area contributed by atoms with Gasteiger partial charge in [-0.05, 0) is 18.4 Å². The molecule has 1 aliphatic rings. The van der Waals surface area contributed by atoms with Crippen molar-refractivity contribution in [3.63, 3.8) is 0 Å². The summed E-state index contributed by atoms with van der Waals surface area (Å²) in [5.41, 5.74) is 0.931. The topological polar surface area (TPSA) is 58.6 Å². The number of rotatable bonds is 4. The van der Waals surface area contributed by atoms with Crippen molar-refractivity contribution in [2.24, 2.45) is 5.92 Å². The zero-order valence-electron chi connectivity index (χ0n) is 10.3. The largest absolute Gasteiger partial charge is 0.394 e. The summed E-state index contributed by atoms with van der Waals surface area (Å²) in [4.78, 5) is 12.1. The highest BCUT2D eigenvalue weighted by molar-refractivity contribution is 5.79. The number of benzene rings is 1. The number of nitrogens with one attached hydrogen (secondary N) is 1. The van der Waals surface area contributed by atoms with Gasteiger partial charge in [-0.1, -0.05) is 30.3 Å². The molecule has 1 unspecified atom stereocenters. The first-order valence-electron chi connectivity index (χ1n) is 6.35. The molecule has 1 amide bonds. The molecule has 1 saturated heterocycles. The van der Waals surface area contributed by atoms with Gasteiger partial charge >= 0.3 is 0 Å². The smallest absolute Gasteiger partial charge is 0.223 e. The maximum atomic E-state index is 12.1. The molecule has 0 radical (unpaired) electrons. The van der Waals surface area contributed by atoms with Crippen molar-refractivity contribution < 1.29 is 14.6 Å². The standard InChI is InChI=1S/C14H19NO3/c16-10-13(11-4-2-1-3-5-11)15-14(17)12-6-8-18-9-7-12/h1-5,12-13,16H,6-10H2,(H,15,17). The van der Waals surface area contributed by atoms with Gasteiger partial charge in [-0.2, -0.15) is 0 Å². The number of carbonyl (C=O) groups excluding carboxylic acids is 1. The van der Waals surface area contributed by atoms with Crippen LogP contribution < -0.4 is 5.32 Å². The summed E-state index contributed by atoms with van der Waals surface area (Å²) in [6.45, 7) is 1.21. The van der Waals surface area contributed by atoms with Crippen molar-refractivity contribution in [3.8, 4) is 0 Å². The van der Waals surface area contributed by atoms with Crippen LogP contribution in [0.3, 0.4) is 0 Å². The number of aliphatic hydroxyl groups is 1. The molecule has 1 aliphatic heterocycles. The Kier molecular flexibility index (Phi) is 4.73. The van der Waals surface area contributed by atoms with Crippen LogP contribution in [0.15, 0.2) is 30.3 Å². The van der Waals surface area contributed by atoms with E-state index >= 15 is 0 Å². The highest BCUT2D eigenvalue weighted by Gasteiger charge is 2.23. The van der Waals surface area contributed by atoms with Gasteiger partial charge < -0.3 is 15.2 Å². The van der Waals surface area contributed by atoms with E-state index in [0.717, 1.165) is 18.4 Å². The maximum Gasteiger partial charge on any atom is 0.223 e. The van der Waals surface area contributed by atoms with Crippen molar-refractivity contribution in [1.82, 2.24) is 5.32 Å². The molecule has 4 nitrogen and oxygen atoms in total. The van der Waals surface area contributed by atoms with E-state index in [4.69, 9.17) is 4.74 Å². The van der Waals surface area contributed by atoms with Crippen LogP contribution in [0.5, 0.6) is 0 Å². The third-order valence-corrected chi connectivity index (χ3v) is 3.29. The Balaban J connectivity index is 1.95. The second-order valence-electron chi connectivity index (χ2n) is 4.54. The number of amides is 1. The fourth-order valence-electron chi connectivity index (χ4n) is 2.17. The Morgan fingerprint density at radius 2 is 2.00 bits per heavy atom. The first-order valence-corrected chi connectivity index (χ1v) is 6.35. The van der Waals surface area contributed by atoms with Crippen LogP contribution in [0.1, 0.15) is 24.4 Å². The molecule has 1 fully saturated rings. The number of ether oxygens (including phenoxy) is 1. The number of carbonyl (C=O) groups is 1. The number of hydrogen-bond donors (Lipinski definition) is 2. The first kappa shape index (κ1) is 13.1. The summed E-state index contributed by atoms with van der Waals surface area (Å²) < 4.78 is 5.24. The van der Waals surface area contributed by atoms with Gasteiger partial charge in [-0.25, -0.2) is 0 Å². The average molecular weight is 249 g/mol. The van der Waals surface area contributed by atoms with Gasteiger partial charge in [-0.15, -0.1) is 0 Å². The van der Waals surface area contributed by atoms with Crippen molar-refractivity contribution >= 4 is 5.91 Å². The van der Waals surface area contributed by atoms with E-state index in [2.05, 4.69) is 5.32 Å². The molecule has 1 aromatic rings. The van der Waals surface area contributed by atoms with Gasteiger partial charge in [-0.3, -0.25) is 4.79 Å². The van der Waals surface area contributed by atoms with Crippen LogP contribution in [0.2, 0.25) is 0 Å². The van der Waals surface area contributed by atoms with E-state index in [9.17, 15) is 9.90 Å². The van der Waals surface area contributed by atoms with Crippen molar-refractivity contribution in [2.75, 3.05) is 19.8 Å². The monoisotopic (exact) mass is 249 g/mol. The quantitative estimate of drug-likeness (QED) is 0.844. The second kappa shape index (κ2) is 6.52. The van der Waals surface area contributed by atoms with Crippen molar-refractivity contribution in [3.05, 3.63) is 35.9 Å². The highest BCUT2D eigenvalue weighted by Crippen LogP contribution is 2.18. The Morgan fingerprint density at radius 1 is 1.33 bits per heavy atom. The summed E-state index contributed by atoms with van der Waals surface area (Å²) in [5.74, 6) is 0.0257. The Hall–Kier alpha value is -1.39. The van der Waals surface area contributed by atoms with Gasteiger partial charge in [0, 0.05) is 19.1 Å². The minimum atomic E-state index is -0.318. The second-order valence-corrected chi connectivity index (χ2v) is 4.54. The molecule has 2 rings (SSSR count). The molecule has 18 heavy (non-hydrogen) atoms. The van der Waals surface area contributed by atoms with Crippen LogP contribution in [-0.4, -0.2) is 30.8 Å². The van der Waals surface area contributed by atoms with Crippen LogP contribution in [-0.2, 0) is 9.53 Å². The Bertz CT molecular complexity index is 374. The van der Waals surface area contributed by atoms with Crippen LogP contribution in [0, 0.1) is 5.92 Å². The first-order chi connectivity index (χ1) is 8.81. The minimum absolute atomic E-state index is 0.0107. The molecule has 0 aliphatic carbocycles. The summed E-state index contributed by atoms with van der Waals surface area (Å²) in [6.07, 6.45) is 1.53. The molecule has 98 valence electrons. The number of aliphatic hydroxyl groups excluding tert-OH is 1. The van der Waals surface area contributed by atoms with Crippen LogP contribution in [0.4, 0.5) is 0 Å². The molecule has 2 N–H and O–H groups in total. The van der Waals surface area contributed by atoms with Gasteiger partial charge in [0.25, 0.3) is 0 Å². The van der Waals surface area contributed by atoms with Crippen molar-refractivity contribution in [2.45, 2.75) is 18.9 Å². The van der Waals surface area contributed by atoms with E-state index < -0.39 is 0 Å². The SMILES string of the molecule is O=C(NC(CO)c1ccccc1)C1CCOCC1. The van der Waals surface area contributed by atoms with Gasteiger partial charge in [0.05, 0.1) is 12.6 Å². The third kappa shape index (κ3) is 3.31. The summed E-state index contributed by atoms with van der Waals surface area (Å²) in [7, 11) is 0. The zero-order chi connectivity index (χ0) is 12.8. The molecule has 0 saturated carbocycles. The Morgan fingerprint density at radius 3 is 2.61 bits per heavy atom. The van der Waals surface area contributed by atoms with E-state index in [1.165, 1.54) is 0 Å². The Labute approximate surface area is 107 Å².